The second kappa shape index (κ2) is 9.93. The van der Waals surface area contributed by atoms with Gasteiger partial charge >= 0.3 is 0 Å². The Labute approximate surface area is 219 Å². The SMILES string of the molecule is CC(=O)N(C)Cc1cccc2cc([C@H](C)NC(=O)c3c(C)nn4cccnc34)n(-c3ccccc3)c(=O)c12. The van der Waals surface area contributed by atoms with Crippen LogP contribution in [0.15, 0.2) is 77.9 Å². The Morgan fingerprint density at radius 3 is 2.58 bits per heavy atom. The molecule has 9 nitrogen and oxygen atoms in total. The van der Waals surface area contributed by atoms with Crippen LogP contribution in [0.3, 0.4) is 0 Å². The number of amides is 2. The smallest absolute Gasteiger partial charge is 0.263 e. The van der Waals surface area contributed by atoms with Gasteiger partial charge in [0.1, 0.15) is 5.56 Å². The molecule has 0 bridgehead atoms. The van der Waals surface area contributed by atoms with E-state index in [9.17, 15) is 14.4 Å². The number of nitrogens with one attached hydrogen (secondary N) is 1. The van der Waals surface area contributed by atoms with Crippen LogP contribution in [0.4, 0.5) is 0 Å². The summed E-state index contributed by atoms with van der Waals surface area (Å²) in [6, 6.07) is 18.1. The van der Waals surface area contributed by atoms with Gasteiger partial charge in [-0.1, -0.05) is 36.4 Å². The Hall–Kier alpha value is -4.79. The Morgan fingerprint density at radius 1 is 1.08 bits per heavy atom. The van der Waals surface area contributed by atoms with Gasteiger partial charge in [0, 0.05) is 44.3 Å². The molecule has 3 heterocycles. The molecule has 192 valence electrons. The highest BCUT2D eigenvalue weighted by Gasteiger charge is 2.23. The average Bonchev–Trinajstić information content (AvgIpc) is 3.24. The highest BCUT2D eigenvalue weighted by Crippen LogP contribution is 2.25. The molecule has 0 aliphatic carbocycles. The summed E-state index contributed by atoms with van der Waals surface area (Å²) in [6.07, 6.45) is 3.36. The molecule has 0 saturated heterocycles. The van der Waals surface area contributed by atoms with Gasteiger partial charge in [0.05, 0.1) is 17.1 Å². The number of carbonyl (C=O) groups excluding carboxylic acids is 2. The van der Waals surface area contributed by atoms with Crippen LogP contribution in [-0.2, 0) is 11.3 Å². The standard InChI is InChI=1S/C29H28N6O3/c1-18(31-28(37)25-19(2)32-34-15-9-14-30-27(25)34)24-16-21-10-8-11-22(17-33(4)20(3)36)26(21)29(38)35(24)23-12-6-5-7-13-23/h5-16,18H,17H2,1-4H3,(H,31,37)/t18-/m0/s1. The molecule has 3 aromatic heterocycles. The van der Waals surface area contributed by atoms with Crippen molar-refractivity contribution in [2.45, 2.75) is 33.4 Å². The first-order chi connectivity index (χ1) is 18.3. The number of nitrogens with zero attached hydrogens (tertiary/aromatic N) is 5. The quantitative estimate of drug-likeness (QED) is 0.376. The fraction of sp³-hybridized carbons (Fsp3) is 0.207. The Kier molecular flexibility index (Phi) is 6.50. The molecular formula is C29H28N6O3. The number of fused-ring (bicyclic) bond motifs is 2. The molecule has 38 heavy (non-hydrogen) atoms. The molecule has 0 spiro atoms. The van der Waals surface area contributed by atoms with Gasteiger partial charge in [-0.3, -0.25) is 19.0 Å². The second-order valence-corrected chi connectivity index (χ2v) is 9.35. The maximum absolute atomic E-state index is 14.1. The van der Waals surface area contributed by atoms with E-state index in [1.165, 1.54) is 6.92 Å². The zero-order valence-corrected chi connectivity index (χ0v) is 21.7. The second-order valence-electron chi connectivity index (χ2n) is 9.35. The highest BCUT2D eigenvalue weighted by molar-refractivity contribution is 6.01. The summed E-state index contributed by atoms with van der Waals surface area (Å²) in [4.78, 5) is 45.3. The largest absolute Gasteiger partial charge is 0.344 e. The summed E-state index contributed by atoms with van der Waals surface area (Å²) < 4.78 is 3.20. The number of benzene rings is 2. The first-order valence-corrected chi connectivity index (χ1v) is 12.3. The van der Waals surface area contributed by atoms with E-state index in [1.807, 2.05) is 61.5 Å². The molecule has 0 aliphatic heterocycles. The lowest BCUT2D eigenvalue weighted by Crippen LogP contribution is -2.33. The molecule has 0 unspecified atom stereocenters. The van der Waals surface area contributed by atoms with Crippen molar-refractivity contribution in [2.24, 2.45) is 0 Å². The molecule has 0 radical (unpaired) electrons. The van der Waals surface area contributed by atoms with Gasteiger partial charge in [-0.25, -0.2) is 9.50 Å². The zero-order valence-electron chi connectivity index (χ0n) is 21.7. The normalized spacial score (nSPS) is 12.0. The molecule has 0 fully saturated rings. The molecule has 1 N–H and O–H groups in total. The van der Waals surface area contributed by atoms with Gasteiger partial charge in [-0.05, 0) is 49.1 Å². The van der Waals surface area contributed by atoms with E-state index < -0.39 is 6.04 Å². The van der Waals surface area contributed by atoms with Crippen LogP contribution in [0.2, 0.25) is 0 Å². The number of rotatable bonds is 6. The Balaban J connectivity index is 1.63. The van der Waals surface area contributed by atoms with Crippen LogP contribution in [0.5, 0.6) is 0 Å². The number of hydrogen-bond acceptors (Lipinski definition) is 5. The summed E-state index contributed by atoms with van der Waals surface area (Å²) >= 11 is 0. The Bertz CT molecular complexity index is 1740. The molecule has 2 aromatic carbocycles. The number of para-hydroxylation sites is 1. The molecule has 9 heteroatoms. The van der Waals surface area contributed by atoms with Crippen LogP contribution in [-0.4, -0.2) is 42.9 Å². The summed E-state index contributed by atoms with van der Waals surface area (Å²) in [5.74, 6) is -0.413. The van der Waals surface area contributed by atoms with Crippen molar-refractivity contribution in [3.05, 3.63) is 106 Å². The molecule has 0 aliphatic rings. The molecule has 0 saturated carbocycles. The van der Waals surface area contributed by atoms with Gasteiger partial charge in [0.15, 0.2) is 5.65 Å². The third-order valence-electron chi connectivity index (χ3n) is 6.71. The van der Waals surface area contributed by atoms with Crippen LogP contribution in [0.25, 0.3) is 22.1 Å². The minimum absolute atomic E-state index is 0.0872. The fourth-order valence-electron chi connectivity index (χ4n) is 4.72. The van der Waals surface area contributed by atoms with Crippen LogP contribution < -0.4 is 10.9 Å². The van der Waals surface area contributed by atoms with E-state index in [2.05, 4.69) is 15.4 Å². The van der Waals surface area contributed by atoms with Crippen molar-refractivity contribution in [3.63, 3.8) is 0 Å². The fourth-order valence-corrected chi connectivity index (χ4v) is 4.72. The molecule has 5 rings (SSSR count). The van der Waals surface area contributed by atoms with Crippen LogP contribution in [0, 0.1) is 6.92 Å². The van der Waals surface area contributed by atoms with Gasteiger partial charge in [0.25, 0.3) is 11.5 Å². The lowest BCUT2D eigenvalue weighted by molar-refractivity contribution is -0.128. The zero-order chi connectivity index (χ0) is 27.0. The third-order valence-corrected chi connectivity index (χ3v) is 6.71. The molecule has 5 aromatic rings. The van der Waals surface area contributed by atoms with E-state index in [1.54, 1.807) is 46.4 Å². The van der Waals surface area contributed by atoms with E-state index in [0.717, 1.165) is 10.9 Å². The number of pyridine rings is 1. The minimum Gasteiger partial charge on any atom is -0.344 e. The van der Waals surface area contributed by atoms with Gasteiger partial charge in [0.2, 0.25) is 5.91 Å². The van der Waals surface area contributed by atoms with E-state index in [-0.39, 0.29) is 17.4 Å². The summed E-state index contributed by atoms with van der Waals surface area (Å²) in [5, 5.41) is 8.71. The van der Waals surface area contributed by atoms with Crippen LogP contribution in [0.1, 0.15) is 47.2 Å². The topological polar surface area (TPSA) is 102 Å². The summed E-state index contributed by atoms with van der Waals surface area (Å²) in [7, 11) is 1.71. The highest BCUT2D eigenvalue weighted by atomic mass is 16.2. The Morgan fingerprint density at radius 2 is 1.84 bits per heavy atom. The predicted octanol–water partition coefficient (Wildman–Crippen LogP) is 3.81. The maximum atomic E-state index is 14.1. The predicted molar refractivity (Wildman–Crippen MR) is 145 cm³/mol. The number of hydrogen-bond donors (Lipinski definition) is 1. The van der Waals surface area contributed by atoms with Gasteiger partial charge in [-0.2, -0.15) is 5.10 Å². The van der Waals surface area contributed by atoms with Gasteiger partial charge < -0.3 is 10.2 Å². The average molecular weight is 509 g/mol. The third kappa shape index (κ3) is 4.43. The summed E-state index contributed by atoms with van der Waals surface area (Å²) in [6.45, 7) is 5.42. The number of carbonyl (C=O) groups is 2. The molecule has 1 atom stereocenters. The van der Waals surface area contributed by atoms with Crippen molar-refractivity contribution in [2.75, 3.05) is 7.05 Å². The van der Waals surface area contributed by atoms with E-state index >= 15 is 0 Å². The monoisotopic (exact) mass is 508 g/mol. The lowest BCUT2D eigenvalue weighted by Gasteiger charge is -2.22. The van der Waals surface area contributed by atoms with Gasteiger partial charge in [-0.15, -0.1) is 0 Å². The van der Waals surface area contributed by atoms with E-state index in [0.29, 0.717) is 40.2 Å². The first kappa shape index (κ1) is 24.9. The van der Waals surface area contributed by atoms with Crippen molar-refractivity contribution in [3.8, 4) is 5.69 Å². The van der Waals surface area contributed by atoms with Crippen molar-refractivity contribution in [1.82, 2.24) is 29.4 Å². The number of aromatic nitrogens is 4. The van der Waals surface area contributed by atoms with Crippen molar-refractivity contribution >= 4 is 28.2 Å². The van der Waals surface area contributed by atoms with Crippen molar-refractivity contribution in [1.29, 1.82) is 0 Å². The number of aryl methyl sites for hydroxylation is 1. The van der Waals surface area contributed by atoms with Crippen LogP contribution >= 0.6 is 0 Å². The maximum Gasteiger partial charge on any atom is 0.263 e. The lowest BCUT2D eigenvalue weighted by atomic mass is 10.0. The van der Waals surface area contributed by atoms with Crippen molar-refractivity contribution < 1.29 is 9.59 Å². The first-order valence-electron chi connectivity index (χ1n) is 12.3. The molecular weight excluding hydrogens is 480 g/mol. The minimum atomic E-state index is -0.526. The summed E-state index contributed by atoms with van der Waals surface area (Å²) in [5.41, 5.74) is 3.26. The molecule has 2 amide bonds. The van der Waals surface area contributed by atoms with E-state index in [4.69, 9.17) is 0 Å².